The molecule has 1 aromatic carbocycles. The van der Waals surface area contributed by atoms with Crippen molar-refractivity contribution in [3.63, 3.8) is 0 Å². The summed E-state index contributed by atoms with van der Waals surface area (Å²) in [5.74, 6) is 2.81. The first-order valence-corrected chi connectivity index (χ1v) is 13.9. The molecule has 2 amide bonds. The minimum Gasteiger partial charge on any atom is -0.352 e. The Hall–Kier alpha value is -2.67. The summed E-state index contributed by atoms with van der Waals surface area (Å²) in [6.07, 6.45) is 6.70. The van der Waals surface area contributed by atoms with Crippen LogP contribution in [0.5, 0.6) is 0 Å². The van der Waals surface area contributed by atoms with Crippen LogP contribution in [0.15, 0.2) is 18.2 Å². The lowest BCUT2D eigenvalue weighted by Gasteiger charge is -2.36. The normalized spacial score (nSPS) is 18.1. The first-order chi connectivity index (χ1) is 16.9. The van der Waals surface area contributed by atoms with E-state index in [4.69, 9.17) is 9.97 Å². The number of carbonyl (C=O) groups is 1. The van der Waals surface area contributed by atoms with E-state index in [0.717, 1.165) is 78.8 Å². The Labute approximate surface area is 212 Å². The van der Waals surface area contributed by atoms with Crippen LogP contribution in [0.2, 0.25) is 0 Å². The van der Waals surface area contributed by atoms with Crippen molar-refractivity contribution in [1.82, 2.24) is 14.9 Å². The molecule has 6 nitrogen and oxygen atoms in total. The number of anilines is 2. The van der Waals surface area contributed by atoms with Crippen LogP contribution in [0, 0.1) is 19.8 Å². The highest BCUT2D eigenvalue weighted by Crippen LogP contribution is 2.41. The molecule has 35 heavy (non-hydrogen) atoms. The number of thiophene rings is 1. The summed E-state index contributed by atoms with van der Waals surface area (Å²) in [7, 11) is 0. The lowest BCUT2D eigenvalue weighted by Crippen LogP contribution is -2.50. The van der Waals surface area contributed by atoms with Gasteiger partial charge in [-0.05, 0) is 68.2 Å². The van der Waals surface area contributed by atoms with Gasteiger partial charge >= 0.3 is 6.03 Å². The molecular formula is C28H37N5OS. The van der Waals surface area contributed by atoms with Gasteiger partial charge in [0.2, 0.25) is 0 Å². The van der Waals surface area contributed by atoms with Crippen molar-refractivity contribution in [2.75, 3.05) is 36.4 Å². The predicted molar refractivity (Wildman–Crippen MR) is 146 cm³/mol. The van der Waals surface area contributed by atoms with Crippen LogP contribution in [-0.4, -0.2) is 47.1 Å². The number of urea groups is 1. The lowest BCUT2D eigenvalue weighted by atomic mass is 9.89. The Kier molecular flexibility index (Phi) is 6.96. The van der Waals surface area contributed by atoms with Crippen LogP contribution < -0.4 is 10.2 Å². The minimum absolute atomic E-state index is 0.0169. The van der Waals surface area contributed by atoms with Gasteiger partial charge in [-0.15, -0.1) is 11.3 Å². The number of hydrogen-bond acceptors (Lipinski definition) is 5. The number of benzene rings is 1. The first-order valence-electron chi connectivity index (χ1n) is 13.1. The van der Waals surface area contributed by atoms with E-state index in [-0.39, 0.29) is 6.03 Å². The summed E-state index contributed by atoms with van der Waals surface area (Å²) in [6, 6.07) is 6.03. The molecule has 1 aliphatic carbocycles. The summed E-state index contributed by atoms with van der Waals surface area (Å²) >= 11 is 1.89. The lowest BCUT2D eigenvalue weighted by molar-refractivity contribution is 0.208. The number of aromatic nitrogens is 2. The Morgan fingerprint density at radius 2 is 1.97 bits per heavy atom. The molecule has 0 radical (unpaired) electrons. The van der Waals surface area contributed by atoms with Gasteiger partial charge < -0.3 is 15.1 Å². The largest absolute Gasteiger partial charge is 0.352 e. The van der Waals surface area contributed by atoms with Crippen molar-refractivity contribution in [1.29, 1.82) is 0 Å². The molecule has 1 N–H and O–H groups in total. The van der Waals surface area contributed by atoms with Gasteiger partial charge in [-0.25, -0.2) is 14.8 Å². The first kappa shape index (κ1) is 24.0. The number of carbonyl (C=O) groups excluding carboxylic acids is 1. The van der Waals surface area contributed by atoms with Crippen LogP contribution in [0.3, 0.4) is 0 Å². The molecule has 7 heteroatoms. The number of nitrogens with zero attached hydrogens (tertiary/aromatic N) is 4. The van der Waals surface area contributed by atoms with E-state index in [1.807, 2.05) is 28.4 Å². The van der Waals surface area contributed by atoms with Crippen LogP contribution in [-0.2, 0) is 19.3 Å². The SMILES string of the molecule is CCCCc1nc(N2CCN(C(=O)Nc3cccc(C)c3C)CC2)c2c3c(sc2n1)CC(C)CC3. The standard InChI is InChI=1S/C28H37N5OS/c1-5-6-10-24-30-26(25-21-12-11-18(2)17-23(21)35-27(25)31-24)32-13-15-33(16-14-32)28(34)29-22-9-7-8-19(3)20(22)4/h7-9,18H,5-6,10-17H2,1-4H3,(H,29,34). The number of rotatable bonds is 5. The fourth-order valence-electron chi connectivity index (χ4n) is 5.24. The Morgan fingerprint density at radius 3 is 2.74 bits per heavy atom. The van der Waals surface area contributed by atoms with Crippen LogP contribution in [0.4, 0.5) is 16.3 Å². The van der Waals surface area contributed by atoms with Gasteiger partial charge in [0.05, 0.1) is 5.39 Å². The highest BCUT2D eigenvalue weighted by Gasteiger charge is 2.28. The van der Waals surface area contributed by atoms with Gasteiger partial charge in [0.25, 0.3) is 0 Å². The predicted octanol–water partition coefficient (Wildman–Crippen LogP) is 6.13. The minimum atomic E-state index is -0.0169. The number of nitrogens with one attached hydrogen (secondary N) is 1. The number of unbranched alkanes of at least 4 members (excludes halogenated alkanes) is 1. The molecule has 2 aliphatic rings. The molecule has 3 aromatic rings. The van der Waals surface area contributed by atoms with Gasteiger partial charge in [-0.2, -0.15) is 0 Å². The third-order valence-corrected chi connectivity index (χ3v) is 8.80. The van der Waals surface area contributed by atoms with Crippen molar-refractivity contribution in [3.8, 4) is 0 Å². The fraction of sp³-hybridized carbons (Fsp3) is 0.536. The van der Waals surface area contributed by atoms with Crippen molar-refractivity contribution < 1.29 is 4.79 Å². The number of hydrogen-bond donors (Lipinski definition) is 1. The van der Waals surface area contributed by atoms with E-state index in [1.54, 1.807) is 0 Å². The Bertz CT molecular complexity index is 1230. The highest BCUT2D eigenvalue weighted by atomic mass is 32.1. The zero-order valence-corrected chi connectivity index (χ0v) is 22.3. The van der Waals surface area contributed by atoms with E-state index >= 15 is 0 Å². The van der Waals surface area contributed by atoms with Crippen molar-refractivity contribution >= 4 is 39.1 Å². The van der Waals surface area contributed by atoms with Crippen molar-refractivity contribution in [3.05, 3.63) is 45.6 Å². The maximum atomic E-state index is 13.0. The number of piperazine rings is 1. The molecule has 0 spiro atoms. The molecule has 0 saturated carbocycles. The molecule has 1 unspecified atom stereocenters. The molecule has 3 heterocycles. The smallest absolute Gasteiger partial charge is 0.321 e. The molecule has 1 fully saturated rings. The quantitative estimate of drug-likeness (QED) is 0.466. The van der Waals surface area contributed by atoms with Crippen molar-refractivity contribution in [2.45, 2.75) is 66.2 Å². The third kappa shape index (κ3) is 4.88. The molecule has 2 aromatic heterocycles. The third-order valence-electron chi connectivity index (χ3n) is 7.65. The molecule has 1 saturated heterocycles. The second kappa shape index (κ2) is 10.1. The van der Waals surface area contributed by atoms with Gasteiger partial charge in [0.1, 0.15) is 16.5 Å². The average Bonchev–Trinajstić information content (AvgIpc) is 3.22. The topological polar surface area (TPSA) is 61.4 Å². The zero-order chi connectivity index (χ0) is 24.5. The molecule has 1 aliphatic heterocycles. The maximum absolute atomic E-state index is 13.0. The van der Waals surface area contributed by atoms with E-state index < -0.39 is 0 Å². The number of aryl methyl sites for hydroxylation is 3. The zero-order valence-electron chi connectivity index (χ0n) is 21.5. The molecule has 5 rings (SSSR count). The molecule has 1 atom stereocenters. The summed E-state index contributed by atoms with van der Waals surface area (Å²) in [6.45, 7) is 11.7. The van der Waals surface area contributed by atoms with Gasteiger partial charge in [-0.1, -0.05) is 32.4 Å². The molecular weight excluding hydrogens is 454 g/mol. The highest BCUT2D eigenvalue weighted by molar-refractivity contribution is 7.19. The summed E-state index contributed by atoms with van der Waals surface area (Å²) in [5.41, 5.74) is 4.69. The summed E-state index contributed by atoms with van der Waals surface area (Å²) in [5, 5.41) is 4.41. The van der Waals surface area contributed by atoms with Gasteiger partial charge in [0, 0.05) is 43.2 Å². The number of amides is 2. The number of fused-ring (bicyclic) bond motifs is 3. The summed E-state index contributed by atoms with van der Waals surface area (Å²) in [4.78, 5) is 30.1. The average molecular weight is 492 g/mol. The van der Waals surface area contributed by atoms with Gasteiger partial charge in [0.15, 0.2) is 0 Å². The van der Waals surface area contributed by atoms with E-state index in [1.165, 1.54) is 27.8 Å². The van der Waals surface area contributed by atoms with E-state index in [0.29, 0.717) is 13.1 Å². The monoisotopic (exact) mass is 491 g/mol. The van der Waals surface area contributed by atoms with Gasteiger partial charge in [-0.3, -0.25) is 0 Å². The van der Waals surface area contributed by atoms with Crippen LogP contribution in [0.1, 0.15) is 60.5 Å². The fourth-order valence-corrected chi connectivity index (χ4v) is 6.64. The van der Waals surface area contributed by atoms with Crippen LogP contribution >= 0.6 is 11.3 Å². The second-order valence-corrected chi connectivity index (χ2v) is 11.3. The Balaban J connectivity index is 1.37. The second-order valence-electron chi connectivity index (χ2n) is 10.3. The van der Waals surface area contributed by atoms with Crippen LogP contribution in [0.25, 0.3) is 10.2 Å². The van der Waals surface area contributed by atoms with E-state index in [2.05, 4.69) is 44.0 Å². The maximum Gasteiger partial charge on any atom is 0.321 e. The van der Waals surface area contributed by atoms with Crippen molar-refractivity contribution in [2.24, 2.45) is 5.92 Å². The van der Waals surface area contributed by atoms with E-state index in [9.17, 15) is 4.79 Å². The Morgan fingerprint density at radius 1 is 1.17 bits per heavy atom. The summed E-state index contributed by atoms with van der Waals surface area (Å²) < 4.78 is 0. The molecule has 0 bridgehead atoms. The molecule has 186 valence electrons.